The van der Waals surface area contributed by atoms with Crippen molar-refractivity contribution in [1.82, 2.24) is 5.32 Å². The molecule has 1 saturated carbocycles. The molecule has 1 fully saturated rings. The molecular weight excluding hydrogens is 240 g/mol. The third-order valence-electron chi connectivity index (χ3n) is 3.98. The largest absolute Gasteiger partial charge is 0.482 e. The molecule has 1 atom stereocenters. The lowest BCUT2D eigenvalue weighted by Gasteiger charge is -2.23. The van der Waals surface area contributed by atoms with E-state index in [1.54, 1.807) is 0 Å². The van der Waals surface area contributed by atoms with Gasteiger partial charge in [-0.05, 0) is 37.5 Å². The number of hydrogen-bond donors (Lipinski definition) is 2. The predicted octanol–water partition coefficient (Wildman–Crippen LogP) is 2.61. The highest BCUT2D eigenvalue weighted by molar-refractivity contribution is 5.95. The van der Waals surface area contributed by atoms with Crippen LogP contribution in [0.15, 0.2) is 18.2 Å². The van der Waals surface area contributed by atoms with Gasteiger partial charge in [-0.2, -0.15) is 0 Å². The number of benzene rings is 1. The van der Waals surface area contributed by atoms with Crippen LogP contribution in [0.2, 0.25) is 0 Å². The van der Waals surface area contributed by atoms with Crippen LogP contribution in [-0.4, -0.2) is 18.6 Å². The van der Waals surface area contributed by atoms with Gasteiger partial charge in [0.05, 0.1) is 5.69 Å². The van der Waals surface area contributed by atoms with Crippen molar-refractivity contribution >= 4 is 11.6 Å². The normalized spacial score (nSPS) is 20.6. The van der Waals surface area contributed by atoms with Gasteiger partial charge in [-0.15, -0.1) is 0 Å². The van der Waals surface area contributed by atoms with Gasteiger partial charge >= 0.3 is 0 Å². The fraction of sp³-hybridized carbons (Fsp3) is 0.533. The average molecular weight is 260 g/mol. The number of ether oxygens (including phenoxy) is 1. The lowest BCUT2D eigenvalue weighted by molar-refractivity contribution is -0.118. The number of carbonyl (C=O) groups excluding carboxylic acids is 1. The molecule has 19 heavy (non-hydrogen) atoms. The van der Waals surface area contributed by atoms with E-state index in [0.29, 0.717) is 12.1 Å². The highest BCUT2D eigenvalue weighted by Crippen LogP contribution is 2.31. The molecule has 1 aromatic rings. The first-order valence-corrected chi connectivity index (χ1v) is 7.05. The van der Waals surface area contributed by atoms with E-state index in [2.05, 4.69) is 23.6 Å². The lowest BCUT2D eigenvalue weighted by Crippen LogP contribution is -2.29. The average Bonchev–Trinajstić information content (AvgIpc) is 2.90. The number of fused-ring (bicyclic) bond motifs is 1. The van der Waals surface area contributed by atoms with Crippen molar-refractivity contribution in [3.8, 4) is 5.75 Å². The Morgan fingerprint density at radius 2 is 2.16 bits per heavy atom. The summed E-state index contributed by atoms with van der Waals surface area (Å²) < 4.78 is 5.37. The van der Waals surface area contributed by atoms with E-state index in [1.807, 2.05) is 12.1 Å². The number of carbonyl (C=O) groups is 1. The first-order chi connectivity index (χ1) is 9.22. The van der Waals surface area contributed by atoms with Crippen LogP contribution in [-0.2, 0) is 4.79 Å². The molecule has 1 aliphatic heterocycles. The number of amides is 1. The Labute approximate surface area is 113 Å². The van der Waals surface area contributed by atoms with Crippen molar-refractivity contribution in [2.45, 2.75) is 44.7 Å². The minimum atomic E-state index is -0.0824. The Kier molecular flexibility index (Phi) is 3.42. The summed E-state index contributed by atoms with van der Waals surface area (Å²) in [6.07, 6.45) is 5.21. The molecule has 0 aromatic heterocycles. The minimum Gasteiger partial charge on any atom is -0.482 e. The fourth-order valence-electron chi connectivity index (χ4n) is 2.91. The zero-order chi connectivity index (χ0) is 13.2. The number of nitrogens with one attached hydrogen (secondary N) is 2. The maximum Gasteiger partial charge on any atom is 0.262 e. The van der Waals surface area contributed by atoms with Gasteiger partial charge in [0, 0.05) is 12.1 Å². The number of rotatable bonds is 3. The van der Waals surface area contributed by atoms with Crippen molar-refractivity contribution < 1.29 is 9.53 Å². The van der Waals surface area contributed by atoms with Gasteiger partial charge in [-0.25, -0.2) is 0 Å². The molecule has 1 aliphatic carbocycles. The quantitative estimate of drug-likeness (QED) is 0.878. The molecule has 1 heterocycles. The molecule has 4 heteroatoms. The monoisotopic (exact) mass is 260 g/mol. The van der Waals surface area contributed by atoms with Crippen LogP contribution in [0.4, 0.5) is 5.69 Å². The third-order valence-corrected chi connectivity index (χ3v) is 3.98. The van der Waals surface area contributed by atoms with E-state index in [1.165, 1.54) is 31.2 Å². The summed E-state index contributed by atoms with van der Waals surface area (Å²) in [7, 11) is 0. The zero-order valence-corrected chi connectivity index (χ0v) is 11.2. The smallest absolute Gasteiger partial charge is 0.262 e. The second kappa shape index (κ2) is 5.21. The van der Waals surface area contributed by atoms with Crippen molar-refractivity contribution in [1.29, 1.82) is 0 Å². The topological polar surface area (TPSA) is 50.4 Å². The summed E-state index contributed by atoms with van der Waals surface area (Å²) in [6, 6.07) is 6.96. The summed E-state index contributed by atoms with van der Waals surface area (Å²) in [5, 5.41) is 6.52. The van der Waals surface area contributed by atoms with Gasteiger partial charge in [0.25, 0.3) is 5.91 Å². The second-order valence-corrected chi connectivity index (χ2v) is 5.46. The van der Waals surface area contributed by atoms with Gasteiger partial charge < -0.3 is 15.4 Å². The molecule has 2 aliphatic rings. The van der Waals surface area contributed by atoms with Crippen molar-refractivity contribution in [2.24, 2.45) is 0 Å². The fourth-order valence-corrected chi connectivity index (χ4v) is 2.91. The highest BCUT2D eigenvalue weighted by Gasteiger charge is 2.20. The molecule has 0 bridgehead atoms. The third kappa shape index (κ3) is 2.73. The van der Waals surface area contributed by atoms with Crippen molar-refractivity contribution in [3.05, 3.63) is 23.8 Å². The molecule has 0 saturated heterocycles. The Hall–Kier alpha value is -1.55. The molecule has 1 amide bonds. The van der Waals surface area contributed by atoms with Gasteiger partial charge in [0.1, 0.15) is 5.75 Å². The summed E-state index contributed by atoms with van der Waals surface area (Å²) in [5.74, 6) is 0.678. The molecule has 3 rings (SSSR count). The first kappa shape index (κ1) is 12.5. The van der Waals surface area contributed by atoms with E-state index in [9.17, 15) is 4.79 Å². The van der Waals surface area contributed by atoms with Gasteiger partial charge in [0.2, 0.25) is 0 Å². The van der Waals surface area contributed by atoms with Crippen LogP contribution < -0.4 is 15.4 Å². The highest BCUT2D eigenvalue weighted by atomic mass is 16.5. The molecule has 102 valence electrons. The Morgan fingerprint density at radius 3 is 2.95 bits per heavy atom. The summed E-state index contributed by atoms with van der Waals surface area (Å²) in [6.45, 7) is 2.29. The van der Waals surface area contributed by atoms with Crippen molar-refractivity contribution in [3.63, 3.8) is 0 Å². The van der Waals surface area contributed by atoms with E-state index in [4.69, 9.17) is 4.74 Å². The van der Waals surface area contributed by atoms with E-state index < -0.39 is 0 Å². The van der Waals surface area contributed by atoms with Gasteiger partial charge in [-0.1, -0.05) is 18.9 Å². The second-order valence-electron chi connectivity index (χ2n) is 5.46. The molecule has 4 nitrogen and oxygen atoms in total. The maximum absolute atomic E-state index is 11.3. The molecule has 0 radical (unpaired) electrons. The summed E-state index contributed by atoms with van der Waals surface area (Å²) >= 11 is 0. The molecule has 1 unspecified atom stereocenters. The molecular formula is C15H20N2O2. The standard InChI is InChI=1S/C15H20N2O2/c1-10(16-12-4-2-3-5-12)11-6-7-14-13(8-11)17-15(18)9-19-14/h6-8,10,12,16H,2-5,9H2,1H3,(H,17,18). The van der Waals surface area contributed by atoms with Crippen LogP contribution in [0.1, 0.15) is 44.2 Å². The van der Waals surface area contributed by atoms with Crippen LogP contribution in [0.5, 0.6) is 5.75 Å². The summed E-state index contributed by atoms with van der Waals surface area (Å²) in [5.41, 5.74) is 1.98. The lowest BCUT2D eigenvalue weighted by atomic mass is 10.1. The van der Waals surface area contributed by atoms with Gasteiger partial charge in [0.15, 0.2) is 6.61 Å². The Balaban J connectivity index is 1.73. The van der Waals surface area contributed by atoms with E-state index in [0.717, 1.165) is 11.4 Å². The number of anilines is 1. The van der Waals surface area contributed by atoms with Gasteiger partial charge in [-0.3, -0.25) is 4.79 Å². The predicted molar refractivity (Wildman–Crippen MR) is 74.4 cm³/mol. The molecule has 1 aromatic carbocycles. The van der Waals surface area contributed by atoms with E-state index >= 15 is 0 Å². The Morgan fingerprint density at radius 1 is 1.37 bits per heavy atom. The zero-order valence-electron chi connectivity index (χ0n) is 11.2. The van der Waals surface area contributed by atoms with Crippen LogP contribution in [0, 0.1) is 0 Å². The first-order valence-electron chi connectivity index (χ1n) is 7.05. The van der Waals surface area contributed by atoms with Crippen LogP contribution in [0.25, 0.3) is 0 Å². The maximum atomic E-state index is 11.3. The molecule has 2 N–H and O–H groups in total. The van der Waals surface area contributed by atoms with E-state index in [-0.39, 0.29) is 12.5 Å². The minimum absolute atomic E-state index is 0.0824. The summed E-state index contributed by atoms with van der Waals surface area (Å²) in [4.78, 5) is 11.3. The Bertz CT molecular complexity index is 481. The SMILES string of the molecule is CC(NC1CCCC1)c1ccc2c(c1)NC(=O)CO2. The number of hydrogen-bond acceptors (Lipinski definition) is 3. The van der Waals surface area contributed by atoms with Crippen LogP contribution >= 0.6 is 0 Å². The molecule has 0 spiro atoms. The van der Waals surface area contributed by atoms with Crippen LogP contribution in [0.3, 0.4) is 0 Å². The van der Waals surface area contributed by atoms with Crippen molar-refractivity contribution in [2.75, 3.05) is 11.9 Å².